The molecule has 74 valence electrons. The van der Waals surface area contributed by atoms with Gasteiger partial charge in [-0.25, -0.2) is 4.98 Å². The van der Waals surface area contributed by atoms with Crippen molar-refractivity contribution in [2.24, 2.45) is 5.41 Å². The van der Waals surface area contributed by atoms with E-state index in [2.05, 4.69) is 37.9 Å². The second kappa shape index (κ2) is 3.12. The maximum atomic E-state index is 4.43. The van der Waals surface area contributed by atoms with Crippen LogP contribution in [0.1, 0.15) is 26.5 Å². The van der Waals surface area contributed by atoms with Crippen LogP contribution in [0.5, 0.6) is 0 Å². The highest BCUT2D eigenvalue weighted by atomic mass is 14.9. The molecule has 0 radical (unpaired) electrons. The number of hydrogen-bond donors (Lipinski definition) is 0. The van der Waals surface area contributed by atoms with Crippen molar-refractivity contribution < 1.29 is 0 Å². The zero-order chi connectivity index (χ0) is 10.2. The summed E-state index contributed by atoms with van der Waals surface area (Å²) in [6, 6.07) is 6.30. The van der Waals surface area contributed by atoms with Gasteiger partial charge < -0.3 is 4.40 Å². The Morgan fingerprint density at radius 3 is 2.86 bits per heavy atom. The van der Waals surface area contributed by atoms with E-state index >= 15 is 0 Å². The lowest BCUT2D eigenvalue weighted by Crippen LogP contribution is -2.10. The van der Waals surface area contributed by atoms with E-state index in [-0.39, 0.29) is 0 Å². The minimum Gasteiger partial charge on any atom is -0.308 e. The van der Waals surface area contributed by atoms with Crippen molar-refractivity contribution in [3.63, 3.8) is 0 Å². The van der Waals surface area contributed by atoms with E-state index in [1.807, 2.05) is 23.0 Å². The van der Waals surface area contributed by atoms with Crippen molar-refractivity contribution in [3.05, 3.63) is 36.4 Å². The molecule has 2 nitrogen and oxygen atoms in total. The average Bonchev–Trinajstić information content (AvgIpc) is 2.47. The van der Waals surface area contributed by atoms with Crippen LogP contribution in [0.25, 0.3) is 5.52 Å². The van der Waals surface area contributed by atoms with Crippen LogP contribution in [0.15, 0.2) is 30.7 Å². The Kier molecular flexibility index (Phi) is 2.06. The Labute approximate surface area is 84.6 Å². The fourth-order valence-corrected chi connectivity index (χ4v) is 1.62. The number of rotatable bonds is 1. The molecule has 0 aliphatic heterocycles. The lowest BCUT2D eigenvalue weighted by Gasteiger charge is -2.17. The Bertz CT molecular complexity index is 435. The monoisotopic (exact) mass is 188 g/mol. The third-order valence-corrected chi connectivity index (χ3v) is 2.19. The summed E-state index contributed by atoms with van der Waals surface area (Å²) >= 11 is 0. The molecule has 0 aliphatic carbocycles. The largest absolute Gasteiger partial charge is 0.308 e. The smallest absolute Gasteiger partial charge is 0.0993 e. The van der Waals surface area contributed by atoms with Gasteiger partial charge >= 0.3 is 0 Å². The minimum absolute atomic E-state index is 0.304. The second-order valence-corrected chi connectivity index (χ2v) is 4.96. The summed E-state index contributed by atoms with van der Waals surface area (Å²) in [5.41, 5.74) is 2.70. The van der Waals surface area contributed by atoms with Crippen LogP contribution in [0.3, 0.4) is 0 Å². The van der Waals surface area contributed by atoms with Gasteiger partial charge in [0.05, 0.1) is 6.33 Å². The number of aromatic nitrogens is 2. The van der Waals surface area contributed by atoms with Gasteiger partial charge in [0, 0.05) is 17.4 Å². The van der Waals surface area contributed by atoms with E-state index in [1.54, 1.807) is 0 Å². The molecule has 0 aliphatic rings. The maximum Gasteiger partial charge on any atom is 0.0993 e. The van der Waals surface area contributed by atoms with Gasteiger partial charge in [0.2, 0.25) is 0 Å². The fraction of sp³-hybridized carbons (Fsp3) is 0.417. The van der Waals surface area contributed by atoms with Gasteiger partial charge in [0.1, 0.15) is 0 Å². The van der Waals surface area contributed by atoms with Crippen LogP contribution < -0.4 is 0 Å². The molecule has 0 amide bonds. The summed E-state index contributed by atoms with van der Waals surface area (Å²) in [7, 11) is 0. The topological polar surface area (TPSA) is 17.3 Å². The molecule has 0 spiro atoms. The van der Waals surface area contributed by atoms with Crippen molar-refractivity contribution >= 4 is 5.52 Å². The Morgan fingerprint density at radius 1 is 1.36 bits per heavy atom. The van der Waals surface area contributed by atoms with Crippen molar-refractivity contribution in [2.75, 3.05) is 0 Å². The maximum absolute atomic E-state index is 4.43. The molecule has 0 fully saturated rings. The third kappa shape index (κ3) is 1.95. The molecule has 0 N–H and O–H groups in total. The Morgan fingerprint density at radius 2 is 2.14 bits per heavy atom. The zero-order valence-corrected chi connectivity index (χ0v) is 8.99. The van der Waals surface area contributed by atoms with E-state index in [9.17, 15) is 0 Å². The molecular weight excluding hydrogens is 172 g/mol. The number of nitrogens with zero attached hydrogens (tertiary/aromatic N) is 2. The highest BCUT2D eigenvalue weighted by Crippen LogP contribution is 2.19. The number of fused-ring (bicyclic) bond motifs is 1. The summed E-state index contributed by atoms with van der Waals surface area (Å²) in [5, 5.41) is 0. The van der Waals surface area contributed by atoms with E-state index in [0.29, 0.717) is 5.41 Å². The van der Waals surface area contributed by atoms with E-state index in [4.69, 9.17) is 0 Å². The molecule has 0 atom stereocenters. The van der Waals surface area contributed by atoms with Gasteiger partial charge in [-0.2, -0.15) is 0 Å². The predicted octanol–water partition coefficient (Wildman–Crippen LogP) is 2.92. The lowest BCUT2D eigenvalue weighted by molar-refractivity contribution is 0.406. The van der Waals surface area contributed by atoms with Gasteiger partial charge in [-0.15, -0.1) is 0 Å². The molecule has 2 heteroatoms. The SMILES string of the molecule is CC(C)(C)Cc1cc2cccn2cn1. The predicted molar refractivity (Wildman–Crippen MR) is 58.4 cm³/mol. The minimum atomic E-state index is 0.304. The molecule has 2 heterocycles. The normalized spacial score (nSPS) is 12.2. The summed E-state index contributed by atoms with van der Waals surface area (Å²) in [6.07, 6.45) is 4.92. The summed E-state index contributed by atoms with van der Waals surface area (Å²) in [4.78, 5) is 4.43. The summed E-state index contributed by atoms with van der Waals surface area (Å²) in [5.74, 6) is 0. The molecule has 2 aromatic heterocycles. The van der Waals surface area contributed by atoms with Crippen LogP contribution in [0.2, 0.25) is 0 Å². The van der Waals surface area contributed by atoms with Gasteiger partial charge in [-0.05, 0) is 30.0 Å². The Balaban J connectivity index is 2.35. The van der Waals surface area contributed by atoms with Crippen LogP contribution in [-0.4, -0.2) is 9.38 Å². The molecule has 14 heavy (non-hydrogen) atoms. The molecule has 0 saturated carbocycles. The van der Waals surface area contributed by atoms with Crippen LogP contribution in [-0.2, 0) is 6.42 Å². The highest BCUT2D eigenvalue weighted by Gasteiger charge is 2.12. The van der Waals surface area contributed by atoms with Crippen molar-refractivity contribution in [2.45, 2.75) is 27.2 Å². The van der Waals surface area contributed by atoms with Crippen molar-refractivity contribution in [1.82, 2.24) is 9.38 Å². The van der Waals surface area contributed by atoms with Gasteiger partial charge in [0.15, 0.2) is 0 Å². The summed E-state index contributed by atoms with van der Waals surface area (Å²) in [6.45, 7) is 6.70. The first-order valence-corrected chi connectivity index (χ1v) is 4.96. The molecular formula is C12H16N2. The van der Waals surface area contributed by atoms with E-state index < -0.39 is 0 Å². The molecule has 0 aromatic carbocycles. The quantitative estimate of drug-likeness (QED) is 0.672. The molecule has 2 rings (SSSR count). The fourth-order valence-electron chi connectivity index (χ4n) is 1.62. The first-order chi connectivity index (χ1) is 6.54. The lowest BCUT2D eigenvalue weighted by atomic mass is 9.90. The second-order valence-electron chi connectivity index (χ2n) is 4.96. The Hall–Kier alpha value is -1.31. The van der Waals surface area contributed by atoms with Crippen LogP contribution >= 0.6 is 0 Å². The highest BCUT2D eigenvalue weighted by molar-refractivity contribution is 5.47. The third-order valence-electron chi connectivity index (χ3n) is 2.19. The molecule has 2 aromatic rings. The first-order valence-electron chi connectivity index (χ1n) is 4.96. The number of hydrogen-bond acceptors (Lipinski definition) is 1. The van der Waals surface area contributed by atoms with Crippen molar-refractivity contribution in [3.8, 4) is 0 Å². The van der Waals surface area contributed by atoms with Gasteiger partial charge in [-0.3, -0.25) is 0 Å². The van der Waals surface area contributed by atoms with Gasteiger partial charge in [-0.1, -0.05) is 20.8 Å². The van der Waals surface area contributed by atoms with Gasteiger partial charge in [0.25, 0.3) is 0 Å². The van der Waals surface area contributed by atoms with Crippen LogP contribution in [0, 0.1) is 5.41 Å². The standard InChI is InChI=1S/C12H16N2/c1-12(2,3)8-10-7-11-5-4-6-14(11)9-13-10/h4-7,9H,8H2,1-3H3. The molecule has 0 unspecified atom stereocenters. The molecule has 0 saturated heterocycles. The average molecular weight is 188 g/mol. The van der Waals surface area contributed by atoms with E-state index in [1.165, 1.54) is 11.2 Å². The molecule has 0 bridgehead atoms. The van der Waals surface area contributed by atoms with Crippen molar-refractivity contribution in [1.29, 1.82) is 0 Å². The zero-order valence-electron chi connectivity index (χ0n) is 8.99. The van der Waals surface area contributed by atoms with E-state index in [0.717, 1.165) is 6.42 Å². The first kappa shape index (κ1) is 9.25. The summed E-state index contributed by atoms with van der Waals surface area (Å²) < 4.78 is 2.03. The van der Waals surface area contributed by atoms with Crippen LogP contribution in [0.4, 0.5) is 0 Å².